The molecule has 0 radical (unpaired) electrons. The molecule has 3 nitrogen and oxygen atoms in total. The van der Waals surface area contributed by atoms with Crippen LogP contribution in [0, 0.1) is 5.82 Å². The molecule has 0 aromatic heterocycles. The van der Waals surface area contributed by atoms with Crippen molar-refractivity contribution >= 4 is 0 Å². The molecule has 4 heteroatoms. The highest BCUT2D eigenvalue weighted by atomic mass is 19.1. The van der Waals surface area contributed by atoms with Gasteiger partial charge in [-0.2, -0.15) is 0 Å². The van der Waals surface area contributed by atoms with E-state index in [-0.39, 0.29) is 11.6 Å². The van der Waals surface area contributed by atoms with Gasteiger partial charge in [0.25, 0.3) is 0 Å². The lowest BCUT2D eigenvalue weighted by atomic mass is 10.2. The SMILES string of the molecule is CCCOCCOc1ccc(CNC)cc1F. The molecular weight excluding hydrogens is 221 g/mol. The van der Waals surface area contributed by atoms with E-state index >= 15 is 0 Å². The standard InChI is InChI=1S/C13H20FNO2/c1-3-6-16-7-8-17-13-5-4-11(10-15-2)9-12(13)14/h4-5,9,15H,3,6-8,10H2,1-2H3. The van der Waals surface area contributed by atoms with Gasteiger partial charge < -0.3 is 14.8 Å². The molecule has 0 bridgehead atoms. The maximum absolute atomic E-state index is 13.6. The van der Waals surface area contributed by atoms with Gasteiger partial charge in [-0.05, 0) is 31.2 Å². The maximum Gasteiger partial charge on any atom is 0.165 e. The van der Waals surface area contributed by atoms with Crippen LogP contribution in [0.1, 0.15) is 18.9 Å². The monoisotopic (exact) mass is 241 g/mol. The number of benzene rings is 1. The minimum absolute atomic E-state index is 0.282. The second-order valence-corrected chi connectivity index (χ2v) is 3.76. The van der Waals surface area contributed by atoms with Crippen molar-refractivity contribution in [1.82, 2.24) is 5.32 Å². The zero-order chi connectivity index (χ0) is 12.5. The molecule has 0 saturated heterocycles. The second kappa shape index (κ2) is 8.03. The third-order valence-electron chi connectivity index (χ3n) is 2.21. The zero-order valence-electron chi connectivity index (χ0n) is 10.5. The fourth-order valence-electron chi connectivity index (χ4n) is 1.43. The van der Waals surface area contributed by atoms with E-state index in [0.717, 1.165) is 12.0 Å². The predicted molar refractivity (Wildman–Crippen MR) is 65.8 cm³/mol. The van der Waals surface area contributed by atoms with Gasteiger partial charge in [0.1, 0.15) is 6.61 Å². The van der Waals surface area contributed by atoms with Gasteiger partial charge in [-0.15, -0.1) is 0 Å². The molecule has 1 rings (SSSR count). The Bertz CT molecular complexity index is 331. The first-order valence-electron chi connectivity index (χ1n) is 5.91. The van der Waals surface area contributed by atoms with E-state index in [4.69, 9.17) is 9.47 Å². The first-order chi connectivity index (χ1) is 8.27. The van der Waals surface area contributed by atoms with Gasteiger partial charge in [0.05, 0.1) is 6.61 Å². The quantitative estimate of drug-likeness (QED) is 0.709. The lowest BCUT2D eigenvalue weighted by Gasteiger charge is -2.08. The van der Waals surface area contributed by atoms with Crippen LogP contribution in [0.4, 0.5) is 4.39 Å². The maximum atomic E-state index is 13.6. The highest BCUT2D eigenvalue weighted by Crippen LogP contribution is 2.18. The summed E-state index contributed by atoms with van der Waals surface area (Å²) < 4.78 is 24.1. The molecule has 96 valence electrons. The van der Waals surface area contributed by atoms with E-state index in [1.54, 1.807) is 6.07 Å². The Morgan fingerprint density at radius 2 is 2.06 bits per heavy atom. The predicted octanol–water partition coefficient (Wildman–Crippen LogP) is 2.35. The van der Waals surface area contributed by atoms with Gasteiger partial charge in [-0.1, -0.05) is 13.0 Å². The molecule has 0 aliphatic heterocycles. The molecule has 1 aromatic rings. The molecule has 0 amide bonds. The Morgan fingerprint density at radius 1 is 1.24 bits per heavy atom. The van der Waals surface area contributed by atoms with Crippen LogP contribution >= 0.6 is 0 Å². The van der Waals surface area contributed by atoms with Crippen molar-refractivity contribution in [1.29, 1.82) is 0 Å². The Balaban J connectivity index is 2.38. The number of hydrogen-bond acceptors (Lipinski definition) is 3. The second-order valence-electron chi connectivity index (χ2n) is 3.76. The first-order valence-corrected chi connectivity index (χ1v) is 5.91. The van der Waals surface area contributed by atoms with Crippen molar-refractivity contribution in [3.05, 3.63) is 29.6 Å². The first kappa shape index (κ1) is 13.9. The summed E-state index contributed by atoms with van der Waals surface area (Å²) in [5.41, 5.74) is 0.902. The average molecular weight is 241 g/mol. The lowest BCUT2D eigenvalue weighted by molar-refractivity contribution is 0.0992. The highest BCUT2D eigenvalue weighted by molar-refractivity contribution is 5.29. The van der Waals surface area contributed by atoms with E-state index in [1.807, 2.05) is 20.0 Å². The van der Waals surface area contributed by atoms with Gasteiger partial charge in [-0.3, -0.25) is 0 Å². The van der Waals surface area contributed by atoms with E-state index in [1.165, 1.54) is 6.07 Å². The van der Waals surface area contributed by atoms with E-state index in [9.17, 15) is 4.39 Å². The van der Waals surface area contributed by atoms with Crippen molar-refractivity contribution < 1.29 is 13.9 Å². The fourth-order valence-corrected chi connectivity index (χ4v) is 1.43. The van der Waals surface area contributed by atoms with Crippen LogP contribution in [0.3, 0.4) is 0 Å². The number of nitrogens with one attached hydrogen (secondary N) is 1. The topological polar surface area (TPSA) is 30.5 Å². The normalized spacial score (nSPS) is 10.5. The zero-order valence-corrected chi connectivity index (χ0v) is 10.5. The van der Waals surface area contributed by atoms with Gasteiger partial charge in [0, 0.05) is 13.2 Å². The molecule has 0 atom stereocenters. The third-order valence-corrected chi connectivity index (χ3v) is 2.21. The minimum Gasteiger partial charge on any atom is -0.488 e. The Hall–Kier alpha value is -1.13. The molecule has 0 unspecified atom stereocenters. The van der Waals surface area contributed by atoms with Crippen molar-refractivity contribution in [2.75, 3.05) is 26.9 Å². The Morgan fingerprint density at radius 3 is 2.71 bits per heavy atom. The van der Waals surface area contributed by atoms with Crippen LogP contribution < -0.4 is 10.1 Å². The van der Waals surface area contributed by atoms with Crippen LogP contribution in [0.25, 0.3) is 0 Å². The van der Waals surface area contributed by atoms with Crippen molar-refractivity contribution in [3.63, 3.8) is 0 Å². The Labute approximate surface area is 102 Å². The molecule has 17 heavy (non-hydrogen) atoms. The highest BCUT2D eigenvalue weighted by Gasteiger charge is 2.04. The molecule has 1 N–H and O–H groups in total. The van der Waals surface area contributed by atoms with Crippen molar-refractivity contribution in [2.24, 2.45) is 0 Å². The third kappa shape index (κ3) is 5.15. The summed E-state index contributed by atoms with van der Waals surface area (Å²) in [5.74, 6) is -0.0433. The summed E-state index contributed by atoms with van der Waals surface area (Å²) in [5, 5.41) is 2.97. The average Bonchev–Trinajstić information content (AvgIpc) is 2.32. The van der Waals surface area contributed by atoms with Crippen molar-refractivity contribution in [2.45, 2.75) is 19.9 Å². The molecule has 0 heterocycles. The summed E-state index contributed by atoms with van der Waals surface area (Å²) in [6.45, 7) is 4.28. The molecule has 0 spiro atoms. The summed E-state index contributed by atoms with van der Waals surface area (Å²) in [4.78, 5) is 0. The van der Waals surface area contributed by atoms with Crippen LogP contribution in [-0.4, -0.2) is 26.9 Å². The van der Waals surface area contributed by atoms with Crippen LogP contribution in [0.5, 0.6) is 5.75 Å². The van der Waals surface area contributed by atoms with E-state index in [0.29, 0.717) is 26.4 Å². The Kier molecular flexibility index (Phi) is 6.58. The van der Waals surface area contributed by atoms with Crippen molar-refractivity contribution in [3.8, 4) is 5.75 Å². The number of ether oxygens (including phenoxy) is 2. The number of halogens is 1. The van der Waals surface area contributed by atoms with Gasteiger partial charge in [0.15, 0.2) is 11.6 Å². The molecular formula is C13H20FNO2. The number of rotatable bonds is 8. The summed E-state index contributed by atoms with van der Waals surface area (Å²) in [6.07, 6.45) is 0.979. The molecule has 1 aromatic carbocycles. The molecule has 0 saturated carbocycles. The van der Waals surface area contributed by atoms with Gasteiger partial charge in [-0.25, -0.2) is 4.39 Å². The van der Waals surface area contributed by atoms with Gasteiger partial charge in [0.2, 0.25) is 0 Å². The molecule has 0 fully saturated rings. The summed E-state index contributed by atoms with van der Waals surface area (Å²) >= 11 is 0. The van der Waals surface area contributed by atoms with E-state index in [2.05, 4.69) is 5.32 Å². The van der Waals surface area contributed by atoms with Crippen LogP contribution in [-0.2, 0) is 11.3 Å². The smallest absolute Gasteiger partial charge is 0.165 e. The summed E-state index contributed by atoms with van der Waals surface area (Å²) in [6, 6.07) is 4.99. The van der Waals surface area contributed by atoms with Gasteiger partial charge >= 0.3 is 0 Å². The minimum atomic E-state index is -0.326. The fraction of sp³-hybridized carbons (Fsp3) is 0.538. The number of hydrogen-bond donors (Lipinski definition) is 1. The van der Waals surface area contributed by atoms with Crippen LogP contribution in [0.15, 0.2) is 18.2 Å². The summed E-state index contributed by atoms with van der Waals surface area (Å²) in [7, 11) is 1.83. The van der Waals surface area contributed by atoms with E-state index < -0.39 is 0 Å². The largest absolute Gasteiger partial charge is 0.488 e. The van der Waals surface area contributed by atoms with Crippen LogP contribution in [0.2, 0.25) is 0 Å². The molecule has 0 aliphatic carbocycles. The molecule has 0 aliphatic rings. The lowest BCUT2D eigenvalue weighted by Crippen LogP contribution is -2.09.